The van der Waals surface area contributed by atoms with Gasteiger partial charge in [-0.1, -0.05) is 6.92 Å². The third-order valence-corrected chi connectivity index (χ3v) is 5.14. The van der Waals surface area contributed by atoms with Crippen LogP contribution < -0.4 is 10.5 Å². The van der Waals surface area contributed by atoms with E-state index < -0.39 is 0 Å². The molecule has 0 atom stereocenters. The number of aromatic amines is 1. The third-order valence-electron chi connectivity index (χ3n) is 5.14. The van der Waals surface area contributed by atoms with Gasteiger partial charge in [-0.2, -0.15) is 0 Å². The second kappa shape index (κ2) is 7.79. The molecular weight excluding hydrogens is 306 g/mol. The zero-order chi connectivity index (χ0) is 16.9. The first-order valence-corrected chi connectivity index (χ1v) is 8.92. The van der Waals surface area contributed by atoms with Crippen molar-refractivity contribution in [2.24, 2.45) is 5.92 Å². The van der Waals surface area contributed by atoms with Crippen molar-refractivity contribution in [2.45, 2.75) is 26.2 Å². The number of nitrogens with one attached hydrogen (secondary N) is 1. The lowest BCUT2D eigenvalue weighted by Gasteiger charge is -2.35. The number of carbonyl (C=O) groups is 1. The number of carbonyl (C=O) groups excluding carboxylic acids is 1. The maximum absolute atomic E-state index is 12.3. The largest absolute Gasteiger partial charge is 0.349 e. The Morgan fingerprint density at radius 3 is 2.58 bits per heavy atom. The SMILES string of the molecule is CC1CCN(C(=O)CCN2CCN(c3ncc[nH]c3=O)CC2)CC1. The maximum Gasteiger partial charge on any atom is 0.290 e. The summed E-state index contributed by atoms with van der Waals surface area (Å²) in [4.78, 5) is 37.3. The van der Waals surface area contributed by atoms with Crippen LogP contribution in [0.4, 0.5) is 5.82 Å². The molecule has 7 heteroatoms. The average molecular weight is 333 g/mol. The third kappa shape index (κ3) is 4.14. The van der Waals surface area contributed by atoms with E-state index in [0.717, 1.165) is 64.6 Å². The molecule has 0 unspecified atom stereocenters. The van der Waals surface area contributed by atoms with Crippen LogP contribution in [0.5, 0.6) is 0 Å². The normalized spacial score (nSPS) is 20.4. The lowest BCUT2D eigenvalue weighted by Crippen LogP contribution is -2.49. The summed E-state index contributed by atoms with van der Waals surface area (Å²) in [5, 5.41) is 0. The number of piperazine rings is 1. The molecule has 1 N–H and O–H groups in total. The van der Waals surface area contributed by atoms with Crippen molar-refractivity contribution in [1.82, 2.24) is 19.8 Å². The fraction of sp³-hybridized carbons (Fsp3) is 0.706. The summed E-state index contributed by atoms with van der Waals surface area (Å²) in [5.41, 5.74) is -0.138. The van der Waals surface area contributed by atoms with Crippen molar-refractivity contribution in [3.63, 3.8) is 0 Å². The zero-order valence-electron chi connectivity index (χ0n) is 14.4. The molecule has 0 spiro atoms. The van der Waals surface area contributed by atoms with E-state index in [1.807, 2.05) is 9.80 Å². The van der Waals surface area contributed by atoms with Gasteiger partial charge in [0.15, 0.2) is 5.82 Å². The van der Waals surface area contributed by atoms with Crippen molar-refractivity contribution >= 4 is 11.7 Å². The van der Waals surface area contributed by atoms with Gasteiger partial charge in [-0.15, -0.1) is 0 Å². The van der Waals surface area contributed by atoms with Crippen molar-refractivity contribution in [2.75, 3.05) is 50.7 Å². The van der Waals surface area contributed by atoms with E-state index in [9.17, 15) is 9.59 Å². The molecule has 2 fully saturated rings. The highest BCUT2D eigenvalue weighted by Crippen LogP contribution is 2.17. The molecule has 132 valence electrons. The molecule has 3 heterocycles. The second-order valence-corrected chi connectivity index (χ2v) is 6.88. The highest BCUT2D eigenvalue weighted by atomic mass is 16.2. The smallest absolute Gasteiger partial charge is 0.290 e. The molecule has 3 rings (SSSR count). The Hall–Kier alpha value is -1.89. The van der Waals surface area contributed by atoms with Gasteiger partial charge < -0.3 is 14.8 Å². The molecule has 2 aliphatic rings. The summed E-state index contributed by atoms with van der Waals surface area (Å²) in [6.45, 7) is 8.16. The fourth-order valence-electron chi connectivity index (χ4n) is 3.42. The van der Waals surface area contributed by atoms with Crippen molar-refractivity contribution in [3.8, 4) is 0 Å². The van der Waals surface area contributed by atoms with Crippen molar-refractivity contribution in [3.05, 3.63) is 22.7 Å². The predicted molar refractivity (Wildman–Crippen MR) is 93.1 cm³/mol. The maximum atomic E-state index is 12.3. The summed E-state index contributed by atoms with van der Waals surface area (Å²) in [6.07, 6.45) is 6.01. The van der Waals surface area contributed by atoms with Gasteiger partial charge in [0, 0.05) is 64.6 Å². The fourth-order valence-corrected chi connectivity index (χ4v) is 3.42. The van der Waals surface area contributed by atoms with E-state index in [0.29, 0.717) is 12.2 Å². The number of likely N-dealkylation sites (tertiary alicyclic amines) is 1. The van der Waals surface area contributed by atoms with Gasteiger partial charge in [-0.05, 0) is 18.8 Å². The van der Waals surface area contributed by atoms with Gasteiger partial charge in [0.05, 0.1) is 0 Å². The number of nitrogens with zero attached hydrogens (tertiary/aromatic N) is 4. The molecule has 0 bridgehead atoms. The highest BCUT2D eigenvalue weighted by Gasteiger charge is 2.23. The second-order valence-electron chi connectivity index (χ2n) is 6.88. The summed E-state index contributed by atoms with van der Waals surface area (Å²) in [6, 6.07) is 0. The van der Waals surface area contributed by atoms with Crippen LogP contribution >= 0.6 is 0 Å². The lowest BCUT2D eigenvalue weighted by molar-refractivity contribution is -0.132. The molecular formula is C17H27N5O2. The molecule has 7 nitrogen and oxygen atoms in total. The zero-order valence-corrected chi connectivity index (χ0v) is 14.4. The van der Waals surface area contributed by atoms with Gasteiger partial charge in [-0.25, -0.2) is 4.98 Å². The van der Waals surface area contributed by atoms with Crippen molar-refractivity contribution < 1.29 is 4.79 Å². The quantitative estimate of drug-likeness (QED) is 0.871. The molecule has 1 amide bonds. The molecule has 0 radical (unpaired) electrons. The molecule has 2 saturated heterocycles. The van der Waals surface area contributed by atoms with Gasteiger partial charge in [0.2, 0.25) is 5.91 Å². The van der Waals surface area contributed by atoms with E-state index in [4.69, 9.17) is 0 Å². The number of anilines is 1. The van der Waals surface area contributed by atoms with Crippen LogP contribution in [-0.4, -0.2) is 71.5 Å². The minimum absolute atomic E-state index is 0.138. The minimum atomic E-state index is -0.138. The Bertz CT molecular complexity index is 601. The molecule has 0 aromatic carbocycles. The van der Waals surface area contributed by atoms with Crippen LogP contribution in [0.3, 0.4) is 0 Å². The summed E-state index contributed by atoms with van der Waals surface area (Å²) < 4.78 is 0. The predicted octanol–water partition coefficient (Wildman–Crippen LogP) is 0.541. The molecule has 1 aromatic heterocycles. The first kappa shape index (κ1) is 17.0. The van der Waals surface area contributed by atoms with Crippen LogP contribution in [0, 0.1) is 5.92 Å². The Labute approximate surface area is 142 Å². The highest BCUT2D eigenvalue weighted by molar-refractivity contribution is 5.76. The summed E-state index contributed by atoms with van der Waals surface area (Å²) >= 11 is 0. The number of aromatic nitrogens is 2. The Morgan fingerprint density at radius 2 is 1.92 bits per heavy atom. The monoisotopic (exact) mass is 333 g/mol. The van der Waals surface area contributed by atoms with Crippen molar-refractivity contribution in [1.29, 1.82) is 0 Å². The van der Waals surface area contributed by atoms with Gasteiger partial charge in [0.25, 0.3) is 5.56 Å². The number of amides is 1. The minimum Gasteiger partial charge on any atom is -0.349 e. The number of H-pyrrole nitrogens is 1. The van der Waals surface area contributed by atoms with Crippen LogP contribution in [-0.2, 0) is 4.79 Å². The Morgan fingerprint density at radius 1 is 1.21 bits per heavy atom. The molecule has 1 aromatic rings. The Balaban J connectivity index is 1.42. The van der Waals surface area contributed by atoms with Crippen LogP contribution in [0.2, 0.25) is 0 Å². The van der Waals surface area contributed by atoms with E-state index in [-0.39, 0.29) is 11.5 Å². The first-order chi connectivity index (χ1) is 11.6. The van der Waals surface area contributed by atoms with E-state index in [1.54, 1.807) is 12.4 Å². The number of hydrogen-bond donors (Lipinski definition) is 1. The molecule has 0 saturated carbocycles. The van der Waals surface area contributed by atoms with Gasteiger partial charge in [-0.3, -0.25) is 14.5 Å². The standard InChI is InChI=1S/C17H27N5O2/c1-14-2-8-21(9-3-14)15(23)4-7-20-10-12-22(13-11-20)16-17(24)19-6-5-18-16/h5-6,14H,2-4,7-13H2,1H3,(H,19,24). The number of hydrogen-bond acceptors (Lipinski definition) is 5. The van der Waals surface area contributed by atoms with E-state index in [1.165, 1.54) is 0 Å². The number of piperidine rings is 1. The van der Waals surface area contributed by atoms with Crippen LogP contribution in [0.1, 0.15) is 26.2 Å². The Kier molecular flexibility index (Phi) is 5.50. The van der Waals surface area contributed by atoms with Crippen LogP contribution in [0.15, 0.2) is 17.2 Å². The van der Waals surface area contributed by atoms with E-state index >= 15 is 0 Å². The summed E-state index contributed by atoms with van der Waals surface area (Å²) in [5.74, 6) is 1.53. The van der Waals surface area contributed by atoms with Crippen LogP contribution in [0.25, 0.3) is 0 Å². The average Bonchev–Trinajstić information content (AvgIpc) is 2.61. The van der Waals surface area contributed by atoms with Gasteiger partial charge >= 0.3 is 0 Å². The molecule has 24 heavy (non-hydrogen) atoms. The molecule has 0 aliphatic carbocycles. The summed E-state index contributed by atoms with van der Waals surface area (Å²) in [7, 11) is 0. The topological polar surface area (TPSA) is 72.5 Å². The van der Waals surface area contributed by atoms with Gasteiger partial charge in [0.1, 0.15) is 0 Å². The first-order valence-electron chi connectivity index (χ1n) is 8.92. The number of rotatable bonds is 4. The molecule has 2 aliphatic heterocycles. The lowest BCUT2D eigenvalue weighted by atomic mass is 9.99. The van der Waals surface area contributed by atoms with E-state index in [2.05, 4.69) is 21.8 Å².